The summed E-state index contributed by atoms with van der Waals surface area (Å²) in [5, 5.41) is 12.7. The molecular weight excluding hydrogens is 248 g/mol. The van der Waals surface area contributed by atoms with Crippen molar-refractivity contribution >= 4 is 12.0 Å². The van der Waals surface area contributed by atoms with Gasteiger partial charge in [-0.3, -0.25) is 9.48 Å². The highest BCUT2D eigenvalue weighted by molar-refractivity contribution is 5.80. The summed E-state index contributed by atoms with van der Waals surface area (Å²) >= 11 is 0. The van der Waals surface area contributed by atoms with Gasteiger partial charge >= 0.3 is 12.0 Å². The number of carboxylic acid groups (broad SMARTS) is 1. The number of aryl methyl sites for hydroxylation is 1. The smallest absolute Gasteiger partial charge is 0.323 e. The number of hydrogen-bond donors (Lipinski definition) is 1. The number of nitrogens with zero attached hydrogens (tertiary/aromatic N) is 4. The molecule has 0 saturated heterocycles. The van der Waals surface area contributed by atoms with Crippen LogP contribution in [0.1, 0.15) is 5.56 Å². The monoisotopic (exact) mass is 264 g/mol. The van der Waals surface area contributed by atoms with E-state index in [-0.39, 0.29) is 6.54 Å². The van der Waals surface area contributed by atoms with Gasteiger partial charge < -0.3 is 14.9 Å². The van der Waals surface area contributed by atoms with Crippen LogP contribution in [0, 0.1) is 12.3 Å². The molecule has 0 spiro atoms. The Hall–Kier alpha value is -2.49. The minimum atomic E-state index is -1.10. The Morgan fingerprint density at radius 1 is 1.58 bits per heavy atom. The molecule has 7 nitrogen and oxygen atoms in total. The lowest BCUT2D eigenvalue weighted by atomic mass is 10.3. The Morgan fingerprint density at radius 3 is 2.74 bits per heavy atom. The van der Waals surface area contributed by atoms with E-state index in [1.165, 1.54) is 4.90 Å². The van der Waals surface area contributed by atoms with E-state index in [2.05, 4.69) is 11.0 Å². The molecular formula is C12H16N4O3. The van der Waals surface area contributed by atoms with Gasteiger partial charge in [-0.2, -0.15) is 5.10 Å². The largest absolute Gasteiger partial charge is 0.480 e. The number of terminal acetylenes is 1. The van der Waals surface area contributed by atoms with Crippen LogP contribution in [0.25, 0.3) is 0 Å². The van der Waals surface area contributed by atoms with Crippen LogP contribution in [0.5, 0.6) is 0 Å². The maximum absolute atomic E-state index is 12.0. The van der Waals surface area contributed by atoms with E-state index in [1.807, 2.05) is 0 Å². The molecule has 7 heteroatoms. The number of carbonyl (C=O) groups is 2. The van der Waals surface area contributed by atoms with Crippen molar-refractivity contribution < 1.29 is 14.7 Å². The molecule has 1 aromatic rings. The molecule has 0 radical (unpaired) electrons. The van der Waals surface area contributed by atoms with Crippen LogP contribution in [-0.4, -0.2) is 56.8 Å². The van der Waals surface area contributed by atoms with Crippen LogP contribution < -0.4 is 0 Å². The van der Waals surface area contributed by atoms with Gasteiger partial charge in [0.1, 0.15) is 6.54 Å². The van der Waals surface area contributed by atoms with Crippen LogP contribution in [-0.2, 0) is 18.4 Å². The fourth-order valence-electron chi connectivity index (χ4n) is 1.60. The van der Waals surface area contributed by atoms with E-state index < -0.39 is 18.5 Å². The molecule has 0 fully saturated rings. The molecule has 0 unspecified atom stereocenters. The van der Waals surface area contributed by atoms with Gasteiger partial charge in [0, 0.05) is 25.9 Å². The molecule has 1 aromatic heterocycles. The van der Waals surface area contributed by atoms with Crippen molar-refractivity contribution in [1.29, 1.82) is 0 Å². The molecule has 1 rings (SSSR count). The zero-order valence-corrected chi connectivity index (χ0v) is 10.9. The molecule has 1 N–H and O–H groups in total. The predicted molar refractivity (Wildman–Crippen MR) is 68.1 cm³/mol. The predicted octanol–water partition coefficient (Wildman–Crippen LogP) is -0.00830. The lowest BCUT2D eigenvalue weighted by Crippen LogP contribution is -2.43. The van der Waals surface area contributed by atoms with Crippen LogP contribution >= 0.6 is 0 Å². The fraction of sp³-hybridized carbons (Fsp3) is 0.417. The molecule has 102 valence electrons. The minimum absolute atomic E-state index is 0.0392. The van der Waals surface area contributed by atoms with Crippen molar-refractivity contribution in [2.75, 3.05) is 20.1 Å². The van der Waals surface area contributed by atoms with Gasteiger partial charge in [-0.25, -0.2) is 4.79 Å². The summed E-state index contributed by atoms with van der Waals surface area (Å²) in [7, 11) is 3.36. The van der Waals surface area contributed by atoms with E-state index in [4.69, 9.17) is 11.5 Å². The summed E-state index contributed by atoms with van der Waals surface area (Å²) in [4.78, 5) is 25.2. The normalized spacial score (nSPS) is 9.74. The molecule has 0 aromatic carbocycles. The van der Waals surface area contributed by atoms with E-state index >= 15 is 0 Å². The second-order valence-electron chi connectivity index (χ2n) is 4.11. The Bertz CT molecular complexity index is 503. The molecule has 0 aliphatic carbocycles. The highest BCUT2D eigenvalue weighted by atomic mass is 16.4. The zero-order chi connectivity index (χ0) is 14.4. The summed E-state index contributed by atoms with van der Waals surface area (Å²) in [5.41, 5.74) is 0.856. The molecule has 0 bridgehead atoms. The standard InChI is InChI=1S/C12H16N4O3/c1-4-5-16(9-11(17)18)12(19)14(2)7-10-6-13-15(3)8-10/h1,6,8H,5,7,9H2,2-3H3,(H,17,18). The number of aromatic nitrogens is 2. The Kier molecular flexibility index (Phi) is 4.94. The first-order chi connectivity index (χ1) is 8.93. The molecule has 19 heavy (non-hydrogen) atoms. The van der Waals surface area contributed by atoms with Crippen molar-refractivity contribution in [2.24, 2.45) is 7.05 Å². The van der Waals surface area contributed by atoms with Crippen molar-refractivity contribution in [3.63, 3.8) is 0 Å². The minimum Gasteiger partial charge on any atom is -0.480 e. The third kappa shape index (κ3) is 4.35. The topological polar surface area (TPSA) is 78.7 Å². The number of urea groups is 1. The Balaban J connectivity index is 2.67. The number of amides is 2. The van der Waals surface area contributed by atoms with Gasteiger partial charge in [0.05, 0.1) is 19.3 Å². The molecule has 2 amide bonds. The first-order valence-electron chi connectivity index (χ1n) is 5.57. The fourth-order valence-corrected chi connectivity index (χ4v) is 1.60. The summed E-state index contributed by atoms with van der Waals surface area (Å²) < 4.78 is 1.63. The summed E-state index contributed by atoms with van der Waals surface area (Å²) in [6, 6.07) is -0.427. The van der Waals surface area contributed by atoms with Gasteiger partial charge in [0.25, 0.3) is 0 Å². The Labute approximate surface area is 111 Å². The lowest BCUT2D eigenvalue weighted by Gasteiger charge is -2.25. The van der Waals surface area contributed by atoms with Crippen LogP contribution in [0.4, 0.5) is 4.79 Å². The third-order valence-corrected chi connectivity index (χ3v) is 2.38. The highest BCUT2D eigenvalue weighted by Gasteiger charge is 2.20. The number of aliphatic carboxylic acids is 1. The zero-order valence-electron chi connectivity index (χ0n) is 10.9. The van der Waals surface area contributed by atoms with Gasteiger partial charge in [-0.1, -0.05) is 5.92 Å². The summed E-state index contributed by atoms with van der Waals surface area (Å²) in [6.45, 7) is -0.115. The van der Waals surface area contributed by atoms with E-state index in [0.29, 0.717) is 6.54 Å². The third-order valence-electron chi connectivity index (χ3n) is 2.38. The SMILES string of the molecule is C#CCN(CC(=O)O)C(=O)N(C)Cc1cnn(C)c1. The van der Waals surface area contributed by atoms with Gasteiger partial charge in [0.15, 0.2) is 0 Å². The van der Waals surface area contributed by atoms with E-state index in [0.717, 1.165) is 10.5 Å². The average Bonchev–Trinajstić information content (AvgIpc) is 2.72. The lowest BCUT2D eigenvalue weighted by molar-refractivity contribution is -0.137. The molecule has 0 saturated carbocycles. The van der Waals surface area contributed by atoms with Crippen LogP contribution in [0.3, 0.4) is 0 Å². The highest BCUT2D eigenvalue weighted by Crippen LogP contribution is 2.04. The molecule has 0 atom stereocenters. The second-order valence-corrected chi connectivity index (χ2v) is 4.11. The van der Waals surface area contributed by atoms with Gasteiger partial charge in [-0.05, 0) is 0 Å². The van der Waals surface area contributed by atoms with E-state index in [1.54, 1.807) is 31.2 Å². The number of carboxylic acids is 1. The Morgan fingerprint density at radius 2 is 2.26 bits per heavy atom. The number of hydrogen-bond acceptors (Lipinski definition) is 3. The first kappa shape index (κ1) is 14.6. The van der Waals surface area contributed by atoms with Crippen molar-refractivity contribution in [2.45, 2.75) is 6.54 Å². The maximum atomic E-state index is 12.0. The summed E-state index contributed by atoms with van der Waals surface area (Å²) in [5.74, 6) is 1.18. The summed E-state index contributed by atoms with van der Waals surface area (Å²) in [6.07, 6.45) is 8.56. The van der Waals surface area contributed by atoms with Crippen LogP contribution in [0.2, 0.25) is 0 Å². The average molecular weight is 264 g/mol. The molecule has 1 heterocycles. The second kappa shape index (κ2) is 6.44. The maximum Gasteiger partial charge on any atom is 0.323 e. The van der Waals surface area contributed by atoms with E-state index in [9.17, 15) is 9.59 Å². The first-order valence-corrected chi connectivity index (χ1v) is 5.57. The quantitative estimate of drug-likeness (QED) is 0.759. The molecule has 0 aliphatic heterocycles. The van der Waals surface area contributed by atoms with Gasteiger partial charge in [-0.15, -0.1) is 6.42 Å². The number of carbonyl (C=O) groups excluding carboxylic acids is 1. The van der Waals surface area contributed by atoms with Crippen molar-refractivity contribution in [3.8, 4) is 12.3 Å². The van der Waals surface area contributed by atoms with Gasteiger partial charge in [0.2, 0.25) is 0 Å². The van der Waals surface area contributed by atoms with Crippen molar-refractivity contribution in [3.05, 3.63) is 18.0 Å². The van der Waals surface area contributed by atoms with Crippen LogP contribution in [0.15, 0.2) is 12.4 Å². The number of rotatable bonds is 5. The molecule has 0 aliphatic rings. The van der Waals surface area contributed by atoms with Crippen molar-refractivity contribution in [1.82, 2.24) is 19.6 Å².